The largest absolute Gasteiger partial charge is 0.467 e. The van der Waals surface area contributed by atoms with Gasteiger partial charge in [0.1, 0.15) is 6.04 Å². The lowest BCUT2D eigenvalue weighted by molar-refractivity contribution is -0.151. The Morgan fingerprint density at radius 3 is 2.74 bits per heavy atom. The molecule has 19 heavy (non-hydrogen) atoms. The average Bonchev–Trinajstić information content (AvgIpc) is 2.93. The van der Waals surface area contributed by atoms with Crippen LogP contribution in [0, 0.1) is 0 Å². The number of unbranched alkanes of at least 4 members (excludes halogenated alkanes) is 1. The summed E-state index contributed by atoms with van der Waals surface area (Å²) < 4.78 is 4.64. The molecule has 2 unspecified atom stereocenters. The number of ether oxygens (including phenoxy) is 1. The molecule has 110 valence electrons. The predicted octanol–water partition coefficient (Wildman–Crippen LogP) is 2.72. The van der Waals surface area contributed by atoms with Gasteiger partial charge in [0.05, 0.1) is 7.11 Å². The molecule has 0 aliphatic carbocycles. The van der Waals surface area contributed by atoms with E-state index in [9.17, 15) is 9.59 Å². The Morgan fingerprint density at radius 1 is 1.42 bits per heavy atom. The van der Waals surface area contributed by atoms with E-state index in [1.165, 1.54) is 30.6 Å². The molecule has 6 heteroatoms. The number of methoxy groups -OCH3 is 1. The molecule has 1 aliphatic rings. The van der Waals surface area contributed by atoms with Gasteiger partial charge in [0.15, 0.2) is 0 Å². The molecule has 1 rings (SSSR count). The van der Waals surface area contributed by atoms with Crippen molar-refractivity contribution in [1.29, 1.82) is 0 Å². The standard InChI is InChI=1S/C13H23NO3S2/c1-10(13(16)17-3)14(2)12(15)7-5-4-6-11-8-9-18-19-11/h10-11H,4-9H2,1-3H3. The Hall–Kier alpha value is -0.360. The quantitative estimate of drug-likeness (QED) is 0.411. The van der Waals surface area contributed by atoms with Gasteiger partial charge >= 0.3 is 5.97 Å². The molecule has 0 bridgehead atoms. The van der Waals surface area contributed by atoms with E-state index in [-0.39, 0.29) is 11.9 Å². The first-order valence-electron chi connectivity index (χ1n) is 6.68. The fraction of sp³-hybridized carbons (Fsp3) is 0.846. The van der Waals surface area contributed by atoms with Crippen molar-refractivity contribution >= 4 is 33.5 Å². The minimum atomic E-state index is -0.501. The molecule has 1 heterocycles. The second-order valence-electron chi connectivity index (χ2n) is 4.78. The van der Waals surface area contributed by atoms with Gasteiger partial charge in [-0.05, 0) is 26.2 Å². The van der Waals surface area contributed by atoms with Crippen LogP contribution < -0.4 is 0 Å². The van der Waals surface area contributed by atoms with Crippen LogP contribution in [0.3, 0.4) is 0 Å². The molecule has 1 aliphatic heterocycles. The Morgan fingerprint density at radius 2 is 2.16 bits per heavy atom. The Bertz CT molecular complexity index is 306. The second kappa shape index (κ2) is 8.74. The minimum Gasteiger partial charge on any atom is -0.467 e. The van der Waals surface area contributed by atoms with Gasteiger partial charge in [0, 0.05) is 24.5 Å². The molecule has 4 nitrogen and oxygen atoms in total. The van der Waals surface area contributed by atoms with E-state index in [0.29, 0.717) is 6.42 Å². The SMILES string of the molecule is COC(=O)C(C)N(C)C(=O)CCCCC1CCSS1. The first-order valence-corrected chi connectivity index (χ1v) is 9.06. The normalized spacial score (nSPS) is 20.1. The first-order chi connectivity index (χ1) is 9.06. The van der Waals surface area contributed by atoms with E-state index in [1.54, 1.807) is 14.0 Å². The van der Waals surface area contributed by atoms with Crippen LogP contribution in [0.25, 0.3) is 0 Å². The zero-order chi connectivity index (χ0) is 14.3. The molecule has 0 aromatic rings. The molecule has 0 saturated carbocycles. The molecule has 0 spiro atoms. The number of hydrogen-bond acceptors (Lipinski definition) is 5. The van der Waals surface area contributed by atoms with Crippen LogP contribution in [-0.4, -0.2) is 48.0 Å². The van der Waals surface area contributed by atoms with Crippen LogP contribution in [0.2, 0.25) is 0 Å². The van der Waals surface area contributed by atoms with Crippen molar-refractivity contribution in [1.82, 2.24) is 4.90 Å². The van der Waals surface area contributed by atoms with Gasteiger partial charge < -0.3 is 9.64 Å². The van der Waals surface area contributed by atoms with Crippen LogP contribution >= 0.6 is 21.6 Å². The molecule has 1 fully saturated rings. The lowest BCUT2D eigenvalue weighted by Crippen LogP contribution is -2.40. The fourth-order valence-electron chi connectivity index (χ4n) is 1.93. The maximum absolute atomic E-state index is 11.9. The summed E-state index contributed by atoms with van der Waals surface area (Å²) in [5.41, 5.74) is 0. The zero-order valence-electron chi connectivity index (χ0n) is 11.9. The Labute approximate surface area is 123 Å². The molecule has 0 N–H and O–H groups in total. The summed E-state index contributed by atoms with van der Waals surface area (Å²) >= 11 is 0. The predicted molar refractivity (Wildman–Crippen MR) is 81.2 cm³/mol. The highest BCUT2D eigenvalue weighted by Gasteiger charge is 2.22. The van der Waals surface area contributed by atoms with Crippen LogP contribution in [0.4, 0.5) is 0 Å². The van der Waals surface area contributed by atoms with Crippen molar-refractivity contribution in [3.63, 3.8) is 0 Å². The van der Waals surface area contributed by atoms with Crippen molar-refractivity contribution in [2.45, 2.75) is 50.3 Å². The number of carbonyl (C=O) groups excluding carboxylic acids is 2. The number of esters is 1. The summed E-state index contributed by atoms with van der Waals surface area (Å²) in [4.78, 5) is 24.7. The van der Waals surface area contributed by atoms with E-state index in [2.05, 4.69) is 4.74 Å². The third-order valence-electron chi connectivity index (χ3n) is 3.41. The number of rotatable bonds is 7. The maximum atomic E-state index is 11.9. The van der Waals surface area contributed by atoms with Gasteiger partial charge in [-0.1, -0.05) is 28.0 Å². The van der Waals surface area contributed by atoms with Gasteiger partial charge in [-0.15, -0.1) is 0 Å². The molecule has 2 atom stereocenters. The highest BCUT2D eigenvalue weighted by molar-refractivity contribution is 8.77. The zero-order valence-corrected chi connectivity index (χ0v) is 13.5. The molecule has 0 radical (unpaired) electrons. The van der Waals surface area contributed by atoms with Crippen molar-refractivity contribution < 1.29 is 14.3 Å². The maximum Gasteiger partial charge on any atom is 0.328 e. The summed E-state index contributed by atoms with van der Waals surface area (Å²) in [6.45, 7) is 1.69. The Balaban J connectivity index is 2.17. The van der Waals surface area contributed by atoms with Gasteiger partial charge in [-0.25, -0.2) is 4.79 Å². The molecular weight excluding hydrogens is 282 g/mol. The second-order valence-corrected chi connectivity index (χ2v) is 7.57. The van der Waals surface area contributed by atoms with Gasteiger partial charge in [-0.3, -0.25) is 4.79 Å². The van der Waals surface area contributed by atoms with Crippen molar-refractivity contribution in [3.8, 4) is 0 Å². The van der Waals surface area contributed by atoms with Crippen LogP contribution in [0.5, 0.6) is 0 Å². The van der Waals surface area contributed by atoms with Gasteiger partial charge in [0.2, 0.25) is 5.91 Å². The summed E-state index contributed by atoms with van der Waals surface area (Å²) in [5.74, 6) is 0.912. The van der Waals surface area contributed by atoms with Crippen molar-refractivity contribution in [3.05, 3.63) is 0 Å². The highest BCUT2D eigenvalue weighted by Crippen LogP contribution is 2.39. The topological polar surface area (TPSA) is 46.6 Å². The molecule has 0 aromatic carbocycles. The average molecular weight is 305 g/mol. The monoisotopic (exact) mass is 305 g/mol. The number of hydrogen-bond donors (Lipinski definition) is 0. The van der Waals surface area contributed by atoms with Crippen LogP contribution in [0.15, 0.2) is 0 Å². The summed E-state index contributed by atoms with van der Waals surface area (Å²) in [7, 11) is 6.93. The third kappa shape index (κ3) is 5.65. The molecule has 1 saturated heterocycles. The summed E-state index contributed by atoms with van der Waals surface area (Å²) in [6, 6.07) is -0.501. The van der Waals surface area contributed by atoms with E-state index >= 15 is 0 Å². The van der Waals surface area contributed by atoms with Gasteiger partial charge in [-0.2, -0.15) is 0 Å². The first kappa shape index (κ1) is 16.7. The van der Waals surface area contributed by atoms with Crippen LogP contribution in [0.1, 0.15) is 39.0 Å². The smallest absolute Gasteiger partial charge is 0.328 e. The van der Waals surface area contributed by atoms with Gasteiger partial charge in [0.25, 0.3) is 0 Å². The molecule has 0 aromatic heterocycles. The van der Waals surface area contributed by atoms with E-state index < -0.39 is 6.04 Å². The number of carbonyl (C=O) groups is 2. The minimum absolute atomic E-state index is 0.0198. The van der Waals surface area contributed by atoms with E-state index in [0.717, 1.165) is 18.1 Å². The van der Waals surface area contributed by atoms with Crippen molar-refractivity contribution in [2.24, 2.45) is 0 Å². The third-order valence-corrected chi connectivity index (χ3v) is 6.42. The highest BCUT2D eigenvalue weighted by atomic mass is 33.1. The number of nitrogens with zero attached hydrogens (tertiary/aromatic N) is 1. The molecular formula is C13H23NO3S2. The van der Waals surface area contributed by atoms with E-state index in [4.69, 9.17) is 0 Å². The van der Waals surface area contributed by atoms with Crippen LogP contribution in [-0.2, 0) is 14.3 Å². The lowest BCUT2D eigenvalue weighted by Gasteiger charge is -2.22. The fourth-order valence-corrected chi connectivity index (χ4v) is 4.96. The molecule has 1 amide bonds. The number of likely N-dealkylation sites (N-methyl/N-ethyl adjacent to an activating group) is 1. The van der Waals surface area contributed by atoms with E-state index in [1.807, 2.05) is 21.6 Å². The lowest BCUT2D eigenvalue weighted by atomic mass is 10.1. The summed E-state index contributed by atoms with van der Waals surface area (Å²) in [5, 5.41) is 0.770. The Kier molecular flexibility index (Phi) is 7.68. The number of amides is 1. The summed E-state index contributed by atoms with van der Waals surface area (Å²) in [6.07, 6.45) is 5.00. The van der Waals surface area contributed by atoms with Crippen molar-refractivity contribution in [2.75, 3.05) is 19.9 Å².